The highest BCUT2D eigenvalue weighted by Crippen LogP contribution is 2.24. The summed E-state index contributed by atoms with van der Waals surface area (Å²) in [5, 5.41) is 2.64. The van der Waals surface area contributed by atoms with Crippen LogP contribution < -0.4 is 5.32 Å². The topological polar surface area (TPSA) is 47.6 Å². The third-order valence-corrected chi connectivity index (χ3v) is 2.46. The van der Waals surface area contributed by atoms with Gasteiger partial charge in [0.05, 0.1) is 6.54 Å². The minimum Gasteiger partial charge on any atom is -0.381 e. The van der Waals surface area contributed by atoms with E-state index >= 15 is 0 Å². The summed E-state index contributed by atoms with van der Waals surface area (Å²) in [5.74, 6) is 2.22. The van der Waals surface area contributed by atoms with Crippen LogP contribution >= 0.6 is 0 Å². The van der Waals surface area contributed by atoms with Gasteiger partial charge in [0.15, 0.2) is 5.60 Å². The molecule has 0 aromatic carbocycles. The zero-order valence-corrected chi connectivity index (χ0v) is 8.34. The molecule has 1 rings (SSSR count). The van der Waals surface area contributed by atoms with Crippen molar-refractivity contribution in [1.82, 2.24) is 5.32 Å². The summed E-state index contributed by atoms with van der Waals surface area (Å²) < 4.78 is 10.5. The number of hydrogen-bond acceptors (Lipinski definition) is 3. The minimum absolute atomic E-state index is 0.138. The van der Waals surface area contributed by atoms with Crippen LogP contribution in [0.15, 0.2) is 0 Å². The molecule has 1 fully saturated rings. The predicted molar refractivity (Wildman–Crippen MR) is 51.6 cm³/mol. The van der Waals surface area contributed by atoms with E-state index in [0.717, 1.165) is 0 Å². The number of carbonyl (C=O) groups is 1. The van der Waals surface area contributed by atoms with Gasteiger partial charge in [-0.25, -0.2) is 0 Å². The number of ether oxygens (including phenoxy) is 2. The quantitative estimate of drug-likeness (QED) is 0.644. The molecular weight excluding hydrogens is 182 g/mol. The second-order valence-electron chi connectivity index (χ2n) is 3.20. The first-order valence-electron chi connectivity index (χ1n) is 4.60. The maximum Gasteiger partial charge on any atom is 0.253 e. The molecule has 1 aliphatic rings. The Labute approximate surface area is 84.0 Å². The summed E-state index contributed by atoms with van der Waals surface area (Å²) in [6.07, 6.45) is 6.23. The molecule has 1 heterocycles. The van der Waals surface area contributed by atoms with Crippen molar-refractivity contribution in [1.29, 1.82) is 0 Å². The summed E-state index contributed by atoms with van der Waals surface area (Å²) in [7, 11) is 1.54. The lowest BCUT2D eigenvalue weighted by atomic mass is 9.93. The fraction of sp³-hybridized carbons (Fsp3) is 0.700. The molecule has 0 bridgehead atoms. The van der Waals surface area contributed by atoms with E-state index in [1.54, 1.807) is 7.11 Å². The molecule has 4 heteroatoms. The Balaban J connectivity index is 2.58. The summed E-state index contributed by atoms with van der Waals surface area (Å²) in [6.45, 7) is 1.35. The van der Waals surface area contributed by atoms with Crippen LogP contribution in [0.3, 0.4) is 0 Å². The molecule has 14 heavy (non-hydrogen) atoms. The van der Waals surface area contributed by atoms with Gasteiger partial charge in [-0.05, 0) is 0 Å². The van der Waals surface area contributed by atoms with Gasteiger partial charge >= 0.3 is 0 Å². The summed E-state index contributed by atoms with van der Waals surface area (Å²) in [6, 6.07) is 0. The number of rotatable bonds is 3. The van der Waals surface area contributed by atoms with Crippen molar-refractivity contribution in [2.24, 2.45) is 0 Å². The fourth-order valence-corrected chi connectivity index (χ4v) is 1.52. The fourth-order valence-electron chi connectivity index (χ4n) is 1.52. The first-order valence-corrected chi connectivity index (χ1v) is 4.60. The van der Waals surface area contributed by atoms with Crippen LogP contribution in [0, 0.1) is 12.3 Å². The summed E-state index contributed by atoms with van der Waals surface area (Å²) in [5.41, 5.74) is -0.741. The Kier molecular flexibility index (Phi) is 3.93. The molecule has 78 valence electrons. The lowest BCUT2D eigenvalue weighted by molar-refractivity contribution is -0.154. The Morgan fingerprint density at radius 3 is 2.79 bits per heavy atom. The average molecular weight is 197 g/mol. The van der Waals surface area contributed by atoms with E-state index in [0.29, 0.717) is 26.1 Å². The third kappa shape index (κ3) is 2.25. The largest absolute Gasteiger partial charge is 0.381 e. The van der Waals surface area contributed by atoms with Crippen molar-refractivity contribution >= 4 is 5.91 Å². The van der Waals surface area contributed by atoms with Gasteiger partial charge in [-0.3, -0.25) is 4.79 Å². The number of nitrogens with one attached hydrogen (secondary N) is 1. The zero-order valence-electron chi connectivity index (χ0n) is 8.34. The van der Waals surface area contributed by atoms with E-state index in [1.165, 1.54) is 0 Å². The Morgan fingerprint density at radius 1 is 1.64 bits per heavy atom. The van der Waals surface area contributed by atoms with Crippen LogP contribution in [0.1, 0.15) is 12.8 Å². The molecule has 0 radical (unpaired) electrons. The van der Waals surface area contributed by atoms with Crippen LogP contribution in [-0.2, 0) is 14.3 Å². The van der Waals surface area contributed by atoms with Crippen molar-refractivity contribution in [3.05, 3.63) is 0 Å². The van der Waals surface area contributed by atoms with E-state index in [-0.39, 0.29) is 12.5 Å². The standard InChI is InChI=1S/C10H15NO3/c1-3-6-11-9(12)10(13-2)4-7-14-8-5-10/h1H,4-8H2,2H3,(H,11,12). The van der Waals surface area contributed by atoms with Crippen molar-refractivity contribution in [2.45, 2.75) is 18.4 Å². The van der Waals surface area contributed by atoms with Crippen LogP contribution in [0.25, 0.3) is 0 Å². The molecule has 4 nitrogen and oxygen atoms in total. The second-order valence-corrected chi connectivity index (χ2v) is 3.20. The van der Waals surface area contributed by atoms with Gasteiger partial charge in [0.25, 0.3) is 5.91 Å². The number of amides is 1. The van der Waals surface area contributed by atoms with Crippen LogP contribution in [0.2, 0.25) is 0 Å². The highest BCUT2D eigenvalue weighted by atomic mass is 16.5. The highest BCUT2D eigenvalue weighted by molar-refractivity contribution is 5.85. The lowest BCUT2D eigenvalue weighted by Gasteiger charge is -2.33. The molecule has 0 aromatic rings. The van der Waals surface area contributed by atoms with Gasteiger partial charge < -0.3 is 14.8 Å². The normalized spacial score (nSPS) is 19.7. The van der Waals surface area contributed by atoms with Crippen LogP contribution in [0.4, 0.5) is 0 Å². The maximum atomic E-state index is 11.7. The number of terminal acetylenes is 1. The van der Waals surface area contributed by atoms with Gasteiger partial charge in [-0.1, -0.05) is 5.92 Å². The van der Waals surface area contributed by atoms with Gasteiger partial charge in [0, 0.05) is 33.2 Å². The van der Waals surface area contributed by atoms with E-state index in [2.05, 4.69) is 11.2 Å². The molecule has 0 aromatic heterocycles. The van der Waals surface area contributed by atoms with Gasteiger partial charge in [0.1, 0.15) is 0 Å². The molecule has 1 aliphatic heterocycles. The highest BCUT2D eigenvalue weighted by Gasteiger charge is 2.39. The predicted octanol–water partition coefficient (Wildman–Crippen LogP) is -0.0686. The smallest absolute Gasteiger partial charge is 0.253 e. The van der Waals surface area contributed by atoms with E-state index in [1.807, 2.05) is 0 Å². The van der Waals surface area contributed by atoms with Gasteiger partial charge in [-0.2, -0.15) is 0 Å². The number of hydrogen-bond donors (Lipinski definition) is 1. The molecule has 0 spiro atoms. The third-order valence-electron chi connectivity index (χ3n) is 2.46. The molecule has 0 unspecified atom stereocenters. The van der Waals surface area contributed by atoms with E-state index in [4.69, 9.17) is 15.9 Å². The summed E-state index contributed by atoms with van der Waals surface area (Å²) in [4.78, 5) is 11.7. The molecule has 1 amide bonds. The van der Waals surface area contributed by atoms with Crippen molar-refractivity contribution < 1.29 is 14.3 Å². The maximum absolute atomic E-state index is 11.7. The van der Waals surface area contributed by atoms with Crippen LogP contribution in [0.5, 0.6) is 0 Å². The number of methoxy groups -OCH3 is 1. The first-order chi connectivity index (χ1) is 6.75. The SMILES string of the molecule is C#CCNC(=O)C1(OC)CCOCC1. The van der Waals surface area contributed by atoms with Gasteiger partial charge in [0.2, 0.25) is 0 Å². The molecule has 1 saturated heterocycles. The van der Waals surface area contributed by atoms with Crippen molar-refractivity contribution in [3.63, 3.8) is 0 Å². The number of carbonyl (C=O) groups excluding carboxylic acids is 1. The first kappa shape index (κ1) is 11.0. The second kappa shape index (κ2) is 4.99. The Morgan fingerprint density at radius 2 is 2.29 bits per heavy atom. The van der Waals surface area contributed by atoms with Crippen molar-refractivity contribution in [2.75, 3.05) is 26.9 Å². The van der Waals surface area contributed by atoms with Gasteiger partial charge in [-0.15, -0.1) is 6.42 Å². The average Bonchev–Trinajstić information content (AvgIpc) is 2.26. The molecular formula is C10H15NO3. The summed E-state index contributed by atoms with van der Waals surface area (Å²) >= 11 is 0. The zero-order chi connectivity index (χ0) is 10.4. The Bertz CT molecular complexity index is 238. The monoisotopic (exact) mass is 197 g/mol. The van der Waals surface area contributed by atoms with Crippen LogP contribution in [-0.4, -0.2) is 38.4 Å². The van der Waals surface area contributed by atoms with Crippen molar-refractivity contribution in [3.8, 4) is 12.3 Å². The molecule has 0 aliphatic carbocycles. The minimum atomic E-state index is -0.741. The molecule has 0 atom stereocenters. The van der Waals surface area contributed by atoms with E-state index in [9.17, 15) is 4.79 Å². The molecule has 1 N–H and O–H groups in total. The van der Waals surface area contributed by atoms with E-state index < -0.39 is 5.60 Å². The Hall–Kier alpha value is -1.05. The molecule has 0 saturated carbocycles. The lowest BCUT2D eigenvalue weighted by Crippen LogP contribution is -2.51.